The van der Waals surface area contributed by atoms with Crippen molar-refractivity contribution in [1.82, 2.24) is 0 Å². The highest BCUT2D eigenvalue weighted by Gasteiger charge is 2.12. The molecule has 0 saturated carbocycles. The van der Waals surface area contributed by atoms with Crippen LogP contribution < -0.4 is 4.74 Å². The summed E-state index contributed by atoms with van der Waals surface area (Å²) in [6, 6.07) is 3.90. The molecule has 0 fully saturated rings. The predicted molar refractivity (Wildman–Crippen MR) is 95.5 cm³/mol. The minimum absolute atomic E-state index is 0.00995. The van der Waals surface area contributed by atoms with Gasteiger partial charge in [0, 0.05) is 16.6 Å². The fourth-order valence-electron chi connectivity index (χ4n) is 1.79. The van der Waals surface area contributed by atoms with Gasteiger partial charge in [-0.3, -0.25) is 4.55 Å². The number of rotatable bonds is 5. The zero-order valence-corrected chi connectivity index (χ0v) is 17.0. The molecule has 0 amide bonds. The van der Waals surface area contributed by atoms with Gasteiger partial charge in [-0.15, -0.1) is 0 Å². The maximum Gasteiger partial charge on any atom is 0.261 e. The van der Waals surface area contributed by atoms with Crippen LogP contribution in [0.1, 0.15) is 18.1 Å². The fourth-order valence-corrected chi connectivity index (χ4v) is 3.15. The van der Waals surface area contributed by atoms with Crippen molar-refractivity contribution in [2.75, 3.05) is 24.9 Å². The van der Waals surface area contributed by atoms with E-state index in [1.807, 2.05) is 32.9 Å². The monoisotopic (exact) mass is 430 g/mol. The van der Waals surface area contributed by atoms with Crippen LogP contribution in [0.3, 0.4) is 0 Å². The van der Waals surface area contributed by atoms with Crippen molar-refractivity contribution in [2.45, 2.75) is 20.8 Å². The summed E-state index contributed by atoms with van der Waals surface area (Å²) in [5.74, 6) is 0.930. The van der Waals surface area contributed by atoms with Gasteiger partial charge in [-0.2, -0.15) is 8.42 Å². The summed E-state index contributed by atoms with van der Waals surface area (Å²) in [5, 5.41) is 0. The van der Waals surface area contributed by atoms with E-state index in [0.717, 1.165) is 21.3 Å². The Morgan fingerprint density at radius 3 is 1.87 bits per heavy atom. The van der Waals surface area contributed by atoms with Crippen molar-refractivity contribution in [3.63, 3.8) is 0 Å². The van der Waals surface area contributed by atoms with Crippen LogP contribution >= 0.6 is 15.9 Å². The van der Waals surface area contributed by atoms with Crippen LogP contribution in [0.2, 0.25) is 0 Å². The fraction of sp³-hybridized carbons (Fsp3) is 0.571. The van der Waals surface area contributed by atoms with E-state index in [0.29, 0.717) is 12.9 Å². The zero-order chi connectivity index (χ0) is 18.4. The Hall–Kier alpha value is -0.640. The highest BCUT2D eigenvalue weighted by atomic mass is 79.9. The first-order valence-electron chi connectivity index (χ1n) is 6.68. The SMILES string of the molecule is CS(=O)(=O)O.Cc1cc(OC[C@@H](C)CS(C)(=O)=O)cc(C)c1Br. The van der Waals surface area contributed by atoms with Crippen LogP contribution in [-0.4, -0.2) is 46.3 Å². The quantitative estimate of drug-likeness (QED) is 0.720. The van der Waals surface area contributed by atoms with E-state index in [-0.39, 0.29) is 11.7 Å². The molecule has 0 bridgehead atoms. The summed E-state index contributed by atoms with van der Waals surface area (Å²) in [5.41, 5.74) is 2.22. The summed E-state index contributed by atoms with van der Waals surface area (Å²) in [7, 11) is -6.60. The molecule has 0 spiro atoms. The lowest BCUT2D eigenvalue weighted by molar-refractivity contribution is 0.271. The number of hydrogen-bond donors (Lipinski definition) is 1. The predicted octanol–water partition coefficient (Wildman–Crippen LogP) is 2.63. The van der Waals surface area contributed by atoms with Gasteiger partial charge in [0.15, 0.2) is 0 Å². The number of benzene rings is 1. The van der Waals surface area contributed by atoms with Crippen molar-refractivity contribution in [3.05, 3.63) is 27.7 Å². The second-order valence-electron chi connectivity index (χ2n) is 5.61. The van der Waals surface area contributed by atoms with Crippen LogP contribution in [0.5, 0.6) is 5.75 Å². The Bertz CT molecular complexity index is 695. The molecular formula is C14H23BrO6S2. The molecule has 0 heterocycles. The van der Waals surface area contributed by atoms with Crippen molar-refractivity contribution >= 4 is 35.9 Å². The molecule has 0 radical (unpaired) electrons. The van der Waals surface area contributed by atoms with Gasteiger partial charge >= 0.3 is 0 Å². The molecule has 0 aliphatic carbocycles. The highest BCUT2D eigenvalue weighted by Crippen LogP contribution is 2.26. The zero-order valence-electron chi connectivity index (χ0n) is 13.8. The summed E-state index contributed by atoms with van der Waals surface area (Å²) < 4.78 is 54.9. The first-order valence-corrected chi connectivity index (χ1v) is 11.4. The maximum absolute atomic E-state index is 11.1. The number of ether oxygens (including phenoxy) is 1. The minimum atomic E-state index is -3.67. The lowest BCUT2D eigenvalue weighted by Crippen LogP contribution is -2.18. The summed E-state index contributed by atoms with van der Waals surface area (Å²) in [4.78, 5) is 0. The van der Waals surface area contributed by atoms with Gasteiger partial charge in [0.25, 0.3) is 10.1 Å². The van der Waals surface area contributed by atoms with Crippen LogP contribution in [0.4, 0.5) is 0 Å². The summed E-state index contributed by atoms with van der Waals surface area (Å²) in [6.45, 7) is 6.29. The maximum atomic E-state index is 11.1. The van der Waals surface area contributed by atoms with E-state index in [2.05, 4.69) is 15.9 Å². The lowest BCUT2D eigenvalue weighted by atomic mass is 10.1. The average molecular weight is 431 g/mol. The van der Waals surface area contributed by atoms with E-state index in [1.54, 1.807) is 0 Å². The van der Waals surface area contributed by atoms with Crippen molar-refractivity contribution < 1.29 is 26.1 Å². The molecule has 0 unspecified atom stereocenters. The van der Waals surface area contributed by atoms with Gasteiger partial charge in [0.05, 0.1) is 18.6 Å². The molecule has 9 heteroatoms. The second kappa shape index (κ2) is 9.00. The van der Waals surface area contributed by atoms with Gasteiger partial charge in [-0.25, -0.2) is 8.42 Å². The average Bonchev–Trinajstić information content (AvgIpc) is 2.29. The molecule has 0 saturated heterocycles. The van der Waals surface area contributed by atoms with E-state index < -0.39 is 20.0 Å². The van der Waals surface area contributed by atoms with Crippen molar-refractivity contribution in [3.8, 4) is 5.75 Å². The van der Waals surface area contributed by atoms with E-state index in [1.165, 1.54) is 6.26 Å². The summed E-state index contributed by atoms with van der Waals surface area (Å²) >= 11 is 3.50. The van der Waals surface area contributed by atoms with Gasteiger partial charge in [0.2, 0.25) is 0 Å². The second-order valence-corrected chi connectivity index (χ2v) is 10.1. The van der Waals surface area contributed by atoms with E-state index >= 15 is 0 Å². The van der Waals surface area contributed by atoms with E-state index in [4.69, 9.17) is 9.29 Å². The molecular weight excluding hydrogens is 408 g/mol. The Morgan fingerprint density at radius 1 is 1.13 bits per heavy atom. The van der Waals surface area contributed by atoms with Crippen LogP contribution in [0.15, 0.2) is 16.6 Å². The molecule has 1 aromatic rings. The molecule has 23 heavy (non-hydrogen) atoms. The molecule has 0 aliphatic rings. The molecule has 1 aromatic carbocycles. The number of halogens is 1. The third-order valence-electron chi connectivity index (χ3n) is 2.53. The van der Waals surface area contributed by atoms with Crippen LogP contribution in [0, 0.1) is 19.8 Å². The normalized spacial score (nSPS) is 13.0. The highest BCUT2D eigenvalue weighted by molar-refractivity contribution is 9.10. The number of sulfone groups is 1. The topological polar surface area (TPSA) is 97.7 Å². The molecule has 6 nitrogen and oxygen atoms in total. The molecule has 1 rings (SSSR count). The Morgan fingerprint density at radius 2 is 1.52 bits per heavy atom. The van der Waals surface area contributed by atoms with Crippen LogP contribution in [0.25, 0.3) is 0 Å². The summed E-state index contributed by atoms with van der Waals surface area (Å²) in [6.07, 6.45) is 1.96. The smallest absolute Gasteiger partial charge is 0.261 e. The van der Waals surface area contributed by atoms with Gasteiger partial charge in [-0.1, -0.05) is 22.9 Å². The Labute approximate surface area is 147 Å². The van der Waals surface area contributed by atoms with Crippen molar-refractivity contribution in [2.24, 2.45) is 5.92 Å². The van der Waals surface area contributed by atoms with Crippen molar-refractivity contribution in [1.29, 1.82) is 0 Å². The Kier molecular flexibility index (Phi) is 8.75. The van der Waals surface area contributed by atoms with Gasteiger partial charge < -0.3 is 4.74 Å². The number of hydrogen-bond acceptors (Lipinski definition) is 5. The van der Waals surface area contributed by atoms with Gasteiger partial charge in [-0.05, 0) is 37.1 Å². The largest absolute Gasteiger partial charge is 0.493 e. The minimum Gasteiger partial charge on any atom is -0.493 e. The standard InChI is InChI=1S/C13H19BrO3S.CH4O3S/c1-9(8-18(4,15)16)7-17-12-5-10(2)13(14)11(3)6-12;1-5(2,3)4/h5-6,9H,7-8H2,1-4H3;1H3,(H,2,3,4)/t9-;/m1./s1. The molecule has 0 aliphatic heterocycles. The molecule has 1 N–H and O–H groups in total. The van der Waals surface area contributed by atoms with E-state index in [9.17, 15) is 16.8 Å². The Balaban J connectivity index is 0.000000841. The number of aryl methyl sites for hydroxylation is 2. The van der Waals surface area contributed by atoms with Crippen LogP contribution in [-0.2, 0) is 20.0 Å². The molecule has 0 aromatic heterocycles. The first kappa shape index (κ1) is 22.4. The lowest BCUT2D eigenvalue weighted by Gasteiger charge is -2.14. The first-order chi connectivity index (χ1) is 10.2. The molecule has 134 valence electrons. The third kappa shape index (κ3) is 12.4. The van der Waals surface area contributed by atoms with Gasteiger partial charge in [0.1, 0.15) is 15.6 Å². The third-order valence-corrected chi connectivity index (χ3v) is 4.96. The molecule has 1 atom stereocenters.